The highest BCUT2D eigenvalue weighted by Crippen LogP contribution is 2.25. The Morgan fingerprint density at radius 3 is 2.92 bits per heavy atom. The predicted octanol–water partition coefficient (Wildman–Crippen LogP) is 2.08. The molecule has 2 aromatic rings. The second-order valence-electron chi connectivity index (χ2n) is 5.72. The van der Waals surface area contributed by atoms with Crippen LogP contribution in [-0.2, 0) is 16.1 Å². The summed E-state index contributed by atoms with van der Waals surface area (Å²) in [5.74, 6) is 0.215. The number of hydrogen-bond donors (Lipinski definition) is 1. The van der Waals surface area contributed by atoms with Crippen molar-refractivity contribution in [3.05, 3.63) is 54.4 Å². The molecule has 0 aliphatic carbocycles. The zero-order chi connectivity index (χ0) is 16.9. The average molecular weight is 325 g/mol. The number of carbonyl (C=O) groups is 2. The molecule has 1 N–H and O–H groups in total. The summed E-state index contributed by atoms with van der Waals surface area (Å²) in [6.07, 6.45) is 3.45. The van der Waals surface area contributed by atoms with Crippen LogP contribution in [-0.4, -0.2) is 35.4 Å². The van der Waals surface area contributed by atoms with Crippen molar-refractivity contribution in [2.24, 2.45) is 5.92 Å². The van der Waals surface area contributed by atoms with Crippen LogP contribution in [0.5, 0.6) is 5.75 Å². The largest absolute Gasteiger partial charge is 0.496 e. The molecule has 0 saturated carbocycles. The smallest absolute Gasteiger partial charge is 0.229 e. The molecule has 1 aromatic carbocycles. The van der Waals surface area contributed by atoms with E-state index in [2.05, 4.69) is 10.3 Å². The van der Waals surface area contributed by atoms with Gasteiger partial charge in [0.15, 0.2) is 0 Å². The molecule has 0 bridgehead atoms. The van der Waals surface area contributed by atoms with Crippen molar-refractivity contribution in [1.29, 1.82) is 0 Å². The first-order valence-electron chi connectivity index (χ1n) is 7.78. The number of pyridine rings is 1. The van der Waals surface area contributed by atoms with Crippen LogP contribution in [0.4, 0.5) is 5.69 Å². The minimum Gasteiger partial charge on any atom is -0.496 e. The number of likely N-dealkylation sites (tertiary alicyclic amines) is 1. The fourth-order valence-electron chi connectivity index (χ4n) is 2.82. The number of carbonyl (C=O) groups excluding carboxylic acids is 2. The minimum atomic E-state index is -0.354. The highest BCUT2D eigenvalue weighted by atomic mass is 16.5. The number of nitrogens with zero attached hydrogens (tertiary/aromatic N) is 2. The highest BCUT2D eigenvalue weighted by Gasteiger charge is 2.34. The lowest BCUT2D eigenvalue weighted by molar-refractivity contribution is -0.128. The van der Waals surface area contributed by atoms with Crippen LogP contribution >= 0.6 is 0 Å². The normalized spacial score (nSPS) is 17.0. The molecular formula is C18H19N3O3. The summed E-state index contributed by atoms with van der Waals surface area (Å²) < 4.78 is 5.32. The van der Waals surface area contributed by atoms with Gasteiger partial charge in [0.05, 0.1) is 24.9 Å². The van der Waals surface area contributed by atoms with Gasteiger partial charge in [0.25, 0.3) is 0 Å². The molecule has 1 saturated heterocycles. The van der Waals surface area contributed by atoms with Gasteiger partial charge >= 0.3 is 0 Å². The average Bonchev–Trinajstić information content (AvgIpc) is 2.97. The molecule has 1 aliphatic heterocycles. The third kappa shape index (κ3) is 3.53. The number of amides is 2. The number of methoxy groups -OCH3 is 1. The molecule has 1 atom stereocenters. The van der Waals surface area contributed by atoms with Gasteiger partial charge in [-0.3, -0.25) is 14.6 Å². The number of anilines is 1. The molecule has 0 radical (unpaired) electrons. The molecule has 24 heavy (non-hydrogen) atoms. The van der Waals surface area contributed by atoms with Crippen LogP contribution in [0.3, 0.4) is 0 Å². The number of hydrogen-bond acceptors (Lipinski definition) is 4. The molecule has 0 unspecified atom stereocenters. The molecule has 6 nitrogen and oxygen atoms in total. The molecule has 2 heterocycles. The van der Waals surface area contributed by atoms with E-state index in [4.69, 9.17) is 4.74 Å². The van der Waals surface area contributed by atoms with Crippen LogP contribution in [0.15, 0.2) is 48.8 Å². The monoisotopic (exact) mass is 325 g/mol. The quantitative estimate of drug-likeness (QED) is 0.913. The van der Waals surface area contributed by atoms with E-state index < -0.39 is 0 Å². The molecular weight excluding hydrogens is 306 g/mol. The predicted molar refractivity (Wildman–Crippen MR) is 89.4 cm³/mol. The van der Waals surface area contributed by atoms with Crippen LogP contribution in [0.2, 0.25) is 0 Å². The lowest BCUT2D eigenvalue weighted by atomic mass is 10.1. The lowest BCUT2D eigenvalue weighted by Gasteiger charge is -2.18. The number of para-hydroxylation sites is 1. The molecule has 124 valence electrons. The first-order chi connectivity index (χ1) is 11.7. The minimum absolute atomic E-state index is 0.0211. The van der Waals surface area contributed by atoms with E-state index in [1.165, 1.54) is 0 Å². The van der Waals surface area contributed by atoms with Gasteiger partial charge < -0.3 is 15.0 Å². The SMILES string of the molecule is COc1ccccc1CN1C[C@H](C(=O)Nc2cccnc2)CC1=O. The van der Waals surface area contributed by atoms with E-state index in [0.29, 0.717) is 18.8 Å². The molecule has 1 fully saturated rings. The maximum Gasteiger partial charge on any atom is 0.229 e. The first kappa shape index (κ1) is 16.0. The van der Waals surface area contributed by atoms with Crippen molar-refractivity contribution < 1.29 is 14.3 Å². The second-order valence-corrected chi connectivity index (χ2v) is 5.72. The molecule has 1 aromatic heterocycles. The van der Waals surface area contributed by atoms with E-state index >= 15 is 0 Å². The Labute approximate surface area is 140 Å². The Kier molecular flexibility index (Phi) is 4.74. The highest BCUT2D eigenvalue weighted by molar-refractivity contribution is 5.97. The maximum atomic E-state index is 12.3. The Bertz CT molecular complexity index is 733. The van der Waals surface area contributed by atoms with Gasteiger partial charge in [0.1, 0.15) is 5.75 Å². The van der Waals surface area contributed by atoms with Gasteiger partial charge in [-0.15, -0.1) is 0 Å². The topological polar surface area (TPSA) is 71.5 Å². The van der Waals surface area contributed by atoms with Gasteiger partial charge in [0, 0.05) is 31.3 Å². The van der Waals surface area contributed by atoms with E-state index in [1.807, 2.05) is 24.3 Å². The van der Waals surface area contributed by atoms with Gasteiger partial charge in [-0.1, -0.05) is 18.2 Å². The second kappa shape index (κ2) is 7.12. The number of benzene rings is 1. The molecule has 0 spiro atoms. The summed E-state index contributed by atoms with van der Waals surface area (Å²) in [6, 6.07) is 11.1. The zero-order valence-corrected chi connectivity index (χ0v) is 13.4. The number of ether oxygens (including phenoxy) is 1. The number of rotatable bonds is 5. The van der Waals surface area contributed by atoms with Crippen molar-refractivity contribution >= 4 is 17.5 Å². The van der Waals surface area contributed by atoms with Crippen molar-refractivity contribution in [2.75, 3.05) is 19.0 Å². The third-order valence-electron chi connectivity index (χ3n) is 4.07. The van der Waals surface area contributed by atoms with Crippen molar-refractivity contribution in [2.45, 2.75) is 13.0 Å². The van der Waals surface area contributed by atoms with Crippen LogP contribution in [0.1, 0.15) is 12.0 Å². The summed E-state index contributed by atoms with van der Waals surface area (Å²) in [7, 11) is 1.61. The van der Waals surface area contributed by atoms with Crippen molar-refractivity contribution in [3.63, 3.8) is 0 Å². The van der Waals surface area contributed by atoms with E-state index in [9.17, 15) is 9.59 Å². The maximum absolute atomic E-state index is 12.3. The van der Waals surface area contributed by atoms with Gasteiger partial charge in [-0.25, -0.2) is 0 Å². The van der Waals surface area contributed by atoms with Gasteiger partial charge in [-0.2, -0.15) is 0 Å². The summed E-state index contributed by atoms with van der Waals surface area (Å²) in [5, 5.41) is 2.81. The Balaban J connectivity index is 1.64. The summed E-state index contributed by atoms with van der Waals surface area (Å²) >= 11 is 0. The van der Waals surface area contributed by atoms with Crippen LogP contribution < -0.4 is 10.1 Å². The van der Waals surface area contributed by atoms with Gasteiger partial charge in [-0.05, 0) is 18.2 Å². The zero-order valence-electron chi connectivity index (χ0n) is 13.4. The Morgan fingerprint density at radius 2 is 2.17 bits per heavy atom. The standard InChI is InChI=1S/C18H19N3O3/c1-24-16-7-3-2-5-13(16)11-21-12-14(9-17(21)22)18(23)20-15-6-4-8-19-10-15/h2-8,10,14H,9,11-12H2,1H3,(H,20,23)/t14-/m1/s1. The Hall–Kier alpha value is -2.89. The Morgan fingerprint density at radius 1 is 1.33 bits per heavy atom. The third-order valence-corrected chi connectivity index (χ3v) is 4.07. The molecule has 6 heteroatoms. The fraction of sp³-hybridized carbons (Fsp3) is 0.278. The van der Waals surface area contributed by atoms with Crippen LogP contribution in [0.25, 0.3) is 0 Å². The summed E-state index contributed by atoms with van der Waals surface area (Å²) in [5.41, 5.74) is 1.57. The van der Waals surface area contributed by atoms with E-state index in [1.54, 1.807) is 36.5 Å². The summed E-state index contributed by atoms with van der Waals surface area (Å²) in [4.78, 5) is 30.2. The fourth-order valence-corrected chi connectivity index (χ4v) is 2.82. The number of aromatic nitrogens is 1. The van der Waals surface area contributed by atoms with Crippen molar-refractivity contribution in [3.8, 4) is 5.75 Å². The van der Waals surface area contributed by atoms with E-state index in [0.717, 1.165) is 11.3 Å². The van der Waals surface area contributed by atoms with Crippen LogP contribution in [0, 0.1) is 5.92 Å². The molecule has 3 rings (SSSR count). The summed E-state index contributed by atoms with van der Waals surface area (Å²) in [6.45, 7) is 0.850. The molecule has 2 amide bonds. The van der Waals surface area contributed by atoms with E-state index in [-0.39, 0.29) is 24.2 Å². The first-order valence-corrected chi connectivity index (χ1v) is 7.78. The van der Waals surface area contributed by atoms with Gasteiger partial charge in [0.2, 0.25) is 11.8 Å². The lowest BCUT2D eigenvalue weighted by Crippen LogP contribution is -2.28. The van der Waals surface area contributed by atoms with Crippen molar-refractivity contribution in [1.82, 2.24) is 9.88 Å². The molecule has 1 aliphatic rings. The number of nitrogens with one attached hydrogen (secondary N) is 1.